The summed E-state index contributed by atoms with van der Waals surface area (Å²) in [6.45, 7) is 1.95. The number of para-hydroxylation sites is 1. The fraction of sp³-hybridized carbons (Fsp3) is 0.250. The zero-order chi connectivity index (χ0) is 26.4. The van der Waals surface area contributed by atoms with Gasteiger partial charge in [0.2, 0.25) is 5.91 Å². The van der Waals surface area contributed by atoms with E-state index < -0.39 is 18.2 Å². The number of rotatable bonds is 8. The van der Waals surface area contributed by atoms with Gasteiger partial charge in [-0.3, -0.25) is 4.79 Å². The molecule has 37 heavy (non-hydrogen) atoms. The molecule has 0 spiro atoms. The molecule has 4 rings (SSSR count). The SMILES string of the molecule is Cc1cc(CC(=O)N2C[C@@H](F)C[C@H]2COc2ccc(C(=O)O)cc2)ccc1NC(=O)Nc1ccccc1. The van der Waals surface area contributed by atoms with E-state index in [-0.39, 0.29) is 43.5 Å². The fourth-order valence-corrected chi connectivity index (χ4v) is 4.27. The van der Waals surface area contributed by atoms with Gasteiger partial charge in [-0.1, -0.05) is 30.3 Å². The lowest BCUT2D eigenvalue weighted by Gasteiger charge is -2.24. The van der Waals surface area contributed by atoms with E-state index in [9.17, 15) is 18.8 Å². The Morgan fingerprint density at radius 1 is 1.03 bits per heavy atom. The maximum Gasteiger partial charge on any atom is 0.335 e. The second-order valence-corrected chi connectivity index (χ2v) is 8.94. The number of aryl methyl sites for hydroxylation is 1. The molecule has 0 unspecified atom stereocenters. The predicted molar refractivity (Wildman–Crippen MR) is 138 cm³/mol. The number of ether oxygens (including phenoxy) is 1. The lowest BCUT2D eigenvalue weighted by Crippen LogP contribution is -2.40. The van der Waals surface area contributed by atoms with Crippen LogP contribution in [0.15, 0.2) is 72.8 Å². The van der Waals surface area contributed by atoms with Crippen molar-refractivity contribution in [2.24, 2.45) is 0 Å². The minimum absolute atomic E-state index is 0.00307. The predicted octanol–water partition coefficient (Wildman–Crippen LogP) is 4.90. The van der Waals surface area contributed by atoms with E-state index in [0.717, 1.165) is 11.1 Å². The van der Waals surface area contributed by atoms with E-state index in [1.165, 1.54) is 29.2 Å². The Balaban J connectivity index is 1.33. The molecule has 3 aromatic carbocycles. The highest BCUT2D eigenvalue weighted by molar-refractivity contribution is 6.00. The minimum Gasteiger partial charge on any atom is -0.491 e. The topological polar surface area (TPSA) is 108 Å². The summed E-state index contributed by atoms with van der Waals surface area (Å²) in [7, 11) is 0. The Morgan fingerprint density at radius 2 is 1.76 bits per heavy atom. The molecule has 0 radical (unpaired) electrons. The maximum absolute atomic E-state index is 14.2. The zero-order valence-corrected chi connectivity index (χ0v) is 20.3. The average molecular weight is 506 g/mol. The quantitative estimate of drug-likeness (QED) is 0.404. The number of alkyl halides is 1. The van der Waals surface area contributed by atoms with Crippen molar-refractivity contribution in [2.75, 3.05) is 23.8 Å². The highest BCUT2D eigenvalue weighted by Gasteiger charge is 2.35. The Morgan fingerprint density at radius 3 is 2.43 bits per heavy atom. The van der Waals surface area contributed by atoms with Crippen LogP contribution in [0.2, 0.25) is 0 Å². The number of halogens is 1. The van der Waals surface area contributed by atoms with Gasteiger partial charge in [-0.15, -0.1) is 0 Å². The van der Waals surface area contributed by atoms with Crippen molar-refractivity contribution in [3.8, 4) is 5.75 Å². The highest BCUT2D eigenvalue weighted by atomic mass is 19.1. The van der Waals surface area contributed by atoms with E-state index in [4.69, 9.17) is 9.84 Å². The van der Waals surface area contributed by atoms with Crippen LogP contribution in [-0.4, -0.2) is 53.3 Å². The van der Waals surface area contributed by atoms with Crippen LogP contribution < -0.4 is 15.4 Å². The second-order valence-electron chi connectivity index (χ2n) is 8.94. The number of nitrogens with zero attached hydrogens (tertiary/aromatic N) is 1. The van der Waals surface area contributed by atoms with Crippen molar-refractivity contribution in [1.29, 1.82) is 0 Å². The lowest BCUT2D eigenvalue weighted by atomic mass is 10.1. The minimum atomic E-state index is -1.14. The van der Waals surface area contributed by atoms with Crippen molar-refractivity contribution < 1.29 is 28.6 Å². The third kappa shape index (κ3) is 6.84. The van der Waals surface area contributed by atoms with Crippen LogP contribution in [0.4, 0.5) is 20.6 Å². The maximum atomic E-state index is 14.2. The van der Waals surface area contributed by atoms with Crippen LogP contribution in [-0.2, 0) is 11.2 Å². The molecule has 1 aliphatic heterocycles. The van der Waals surface area contributed by atoms with Gasteiger partial charge in [-0.2, -0.15) is 0 Å². The van der Waals surface area contributed by atoms with Crippen LogP contribution in [0.3, 0.4) is 0 Å². The van der Waals surface area contributed by atoms with Gasteiger partial charge in [0, 0.05) is 17.8 Å². The van der Waals surface area contributed by atoms with Crippen LogP contribution in [0, 0.1) is 6.92 Å². The normalized spacial score (nSPS) is 16.8. The van der Waals surface area contributed by atoms with Crippen molar-refractivity contribution >= 4 is 29.3 Å². The summed E-state index contributed by atoms with van der Waals surface area (Å²) in [4.78, 5) is 37.8. The molecule has 0 aromatic heterocycles. The third-order valence-electron chi connectivity index (χ3n) is 6.15. The van der Waals surface area contributed by atoms with Crippen molar-refractivity contribution in [2.45, 2.75) is 32.0 Å². The Bertz CT molecular complexity index is 1270. The molecule has 3 amide bonds. The van der Waals surface area contributed by atoms with Crippen LogP contribution in [0.5, 0.6) is 5.75 Å². The fourth-order valence-electron chi connectivity index (χ4n) is 4.27. The highest BCUT2D eigenvalue weighted by Crippen LogP contribution is 2.24. The van der Waals surface area contributed by atoms with Gasteiger partial charge in [0.05, 0.1) is 24.6 Å². The number of amides is 3. The van der Waals surface area contributed by atoms with Gasteiger partial charge in [0.15, 0.2) is 0 Å². The number of carbonyl (C=O) groups is 3. The molecule has 0 bridgehead atoms. The molecular weight excluding hydrogens is 477 g/mol. The van der Waals surface area contributed by atoms with Crippen LogP contribution in [0.25, 0.3) is 0 Å². The molecule has 9 heteroatoms. The number of likely N-dealkylation sites (tertiary alicyclic amines) is 1. The summed E-state index contributed by atoms with van der Waals surface area (Å²) in [5, 5.41) is 14.6. The Kier molecular flexibility index (Phi) is 8.02. The summed E-state index contributed by atoms with van der Waals surface area (Å²) < 4.78 is 19.9. The Labute approximate surface area is 214 Å². The van der Waals surface area contributed by atoms with Gasteiger partial charge < -0.3 is 25.4 Å². The number of carboxylic acid groups (broad SMARTS) is 1. The molecule has 1 fully saturated rings. The standard InChI is InChI=1S/C28H28FN3O5/c1-18-13-19(7-12-25(18)31-28(36)30-22-5-3-2-4-6-22)14-26(33)32-16-21(29)15-23(32)17-37-24-10-8-20(9-11-24)27(34)35/h2-13,21,23H,14-17H2,1H3,(H,34,35)(H2,30,31,36)/t21-,23-/m0/s1. The number of urea groups is 1. The van der Waals surface area contributed by atoms with Crippen molar-refractivity contribution in [3.63, 3.8) is 0 Å². The number of anilines is 2. The molecule has 1 heterocycles. The van der Waals surface area contributed by atoms with Gasteiger partial charge in [0.25, 0.3) is 0 Å². The molecule has 3 N–H and O–H groups in total. The molecule has 0 saturated carbocycles. The monoisotopic (exact) mass is 505 g/mol. The molecule has 3 aromatic rings. The van der Waals surface area contributed by atoms with Gasteiger partial charge in [-0.25, -0.2) is 14.0 Å². The molecular formula is C28H28FN3O5. The van der Waals surface area contributed by atoms with E-state index in [2.05, 4.69) is 10.6 Å². The number of hydrogen-bond donors (Lipinski definition) is 3. The van der Waals surface area contributed by atoms with Crippen molar-refractivity contribution in [3.05, 3.63) is 89.5 Å². The smallest absolute Gasteiger partial charge is 0.335 e. The summed E-state index contributed by atoms with van der Waals surface area (Å²) in [5.41, 5.74) is 2.98. The summed E-state index contributed by atoms with van der Waals surface area (Å²) in [6.07, 6.45) is -0.867. The summed E-state index contributed by atoms with van der Waals surface area (Å²) in [6, 6.07) is 19.6. The van der Waals surface area contributed by atoms with E-state index in [0.29, 0.717) is 17.1 Å². The Hall–Kier alpha value is -4.40. The first-order valence-corrected chi connectivity index (χ1v) is 11.9. The summed E-state index contributed by atoms with van der Waals surface area (Å²) in [5.74, 6) is -0.791. The molecule has 1 aliphatic rings. The van der Waals surface area contributed by atoms with Crippen LogP contribution in [0.1, 0.15) is 27.9 Å². The van der Waals surface area contributed by atoms with E-state index in [1.54, 1.807) is 24.3 Å². The number of carboxylic acids is 1. The number of benzene rings is 3. The number of nitrogens with one attached hydrogen (secondary N) is 2. The largest absolute Gasteiger partial charge is 0.491 e. The molecule has 2 atom stereocenters. The number of carbonyl (C=O) groups excluding carboxylic acids is 2. The van der Waals surface area contributed by atoms with Gasteiger partial charge in [-0.05, 0) is 60.5 Å². The van der Waals surface area contributed by atoms with E-state index >= 15 is 0 Å². The molecule has 0 aliphatic carbocycles. The van der Waals surface area contributed by atoms with Gasteiger partial charge >= 0.3 is 12.0 Å². The zero-order valence-electron chi connectivity index (χ0n) is 20.3. The molecule has 8 nitrogen and oxygen atoms in total. The van der Waals surface area contributed by atoms with Crippen LogP contribution >= 0.6 is 0 Å². The lowest BCUT2D eigenvalue weighted by molar-refractivity contribution is -0.132. The third-order valence-corrected chi connectivity index (χ3v) is 6.15. The first kappa shape index (κ1) is 25.7. The number of hydrogen-bond acceptors (Lipinski definition) is 4. The van der Waals surface area contributed by atoms with E-state index in [1.807, 2.05) is 31.2 Å². The second kappa shape index (κ2) is 11.6. The first-order chi connectivity index (χ1) is 17.8. The first-order valence-electron chi connectivity index (χ1n) is 11.9. The van der Waals surface area contributed by atoms with Gasteiger partial charge in [0.1, 0.15) is 18.5 Å². The molecule has 192 valence electrons. The van der Waals surface area contributed by atoms with Crippen molar-refractivity contribution in [1.82, 2.24) is 4.90 Å². The average Bonchev–Trinajstić information content (AvgIpc) is 3.26. The number of aromatic carboxylic acids is 1. The molecule has 1 saturated heterocycles. The summed E-state index contributed by atoms with van der Waals surface area (Å²) >= 11 is 0.